The van der Waals surface area contributed by atoms with E-state index in [1.165, 1.54) is 0 Å². The SMILES string of the molecule is O=S(=O)(CCCOS(=O)(=O)O)CCCOS(=O)(=O)O. The van der Waals surface area contributed by atoms with Crippen LogP contribution in [0.1, 0.15) is 12.8 Å². The van der Waals surface area contributed by atoms with E-state index in [-0.39, 0.29) is 12.8 Å². The van der Waals surface area contributed by atoms with Gasteiger partial charge in [-0.2, -0.15) is 16.8 Å². The summed E-state index contributed by atoms with van der Waals surface area (Å²) >= 11 is 0. The number of rotatable bonds is 10. The van der Waals surface area contributed by atoms with Gasteiger partial charge in [-0.15, -0.1) is 0 Å². The lowest BCUT2D eigenvalue weighted by Crippen LogP contribution is -2.16. The zero-order chi connectivity index (χ0) is 15.2. The fourth-order valence-electron chi connectivity index (χ4n) is 0.988. The number of sulfone groups is 1. The number of hydrogen-bond donors (Lipinski definition) is 2. The van der Waals surface area contributed by atoms with E-state index in [1.807, 2.05) is 0 Å². The summed E-state index contributed by atoms with van der Waals surface area (Å²) in [7, 11) is -12.7. The Morgan fingerprint density at radius 1 is 0.684 bits per heavy atom. The monoisotopic (exact) mass is 342 g/mol. The fourth-order valence-corrected chi connectivity index (χ4v) is 2.96. The van der Waals surface area contributed by atoms with E-state index in [0.29, 0.717) is 0 Å². The molecule has 0 radical (unpaired) electrons. The molecule has 0 aliphatic rings. The van der Waals surface area contributed by atoms with Crippen LogP contribution in [0.5, 0.6) is 0 Å². The zero-order valence-electron chi connectivity index (χ0n) is 9.63. The van der Waals surface area contributed by atoms with Gasteiger partial charge in [0.15, 0.2) is 0 Å². The van der Waals surface area contributed by atoms with Crippen LogP contribution < -0.4 is 0 Å². The third kappa shape index (κ3) is 13.9. The molecule has 0 aromatic carbocycles. The minimum atomic E-state index is -4.59. The summed E-state index contributed by atoms with van der Waals surface area (Å²) in [6, 6.07) is 0. The molecule has 0 aromatic heterocycles. The van der Waals surface area contributed by atoms with E-state index in [2.05, 4.69) is 8.37 Å². The van der Waals surface area contributed by atoms with Gasteiger partial charge in [0, 0.05) is 0 Å². The van der Waals surface area contributed by atoms with Crippen molar-refractivity contribution in [3.63, 3.8) is 0 Å². The summed E-state index contributed by atoms with van der Waals surface area (Å²) in [5, 5.41) is 0. The second-order valence-corrected chi connectivity index (χ2v) is 7.84. The van der Waals surface area contributed by atoms with Crippen LogP contribution in [-0.2, 0) is 39.0 Å². The average molecular weight is 342 g/mol. The van der Waals surface area contributed by atoms with Crippen molar-refractivity contribution in [3.05, 3.63) is 0 Å². The maximum Gasteiger partial charge on any atom is 0.397 e. The molecule has 0 aromatic rings. The van der Waals surface area contributed by atoms with Crippen molar-refractivity contribution in [3.8, 4) is 0 Å². The van der Waals surface area contributed by atoms with Gasteiger partial charge in [0.05, 0.1) is 24.7 Å². The smallest absolute Gasteiger partial charge is 0.264 e. The average Bonchev–Trinajstić information content (AvgIpc) is 2.17. The van der Waals surface area contributed by atoms with E-state index in [1.54, 1.807) is 0 Å². The summed E-state index contributed by atoms with van der Waals surface area (Å²) < 4.78 is 87.5. The molecule has 0 amide bonds. The van der Waals surface area contributed by atoms with Crippen molar-refractivity contribution in [1.82, 2.24) is 0 Å². The second-order valence-electron chi connectivity index (χ2n) is 3.36. The molecule has 0 heterocycles. The maximum absolute atomic E-state index is 11.3. The second kappa shape index (κ2) is 7.47. The minimum Gasteiger partial charge on any atom is -0.264 e. The topological polar surface area (TPSA) is 161 Å². The molecule has 2 N–H and O–H groups in total. The highest BCUT2D eigenvalue weighted by Gasteiger charge is 2.13. The van der Waals surface area contributed by atoms with Gasteiger partial charge in [-0.05, 0) is 12.8 Å². The Hall–Kier alpha value is -0.310. The highest BCUT2D eigenvalue weighted by atomic mass is 32.3. The number of hydrogen-bond acceptors (Lipinski definition) is 8. The lowest BCUT2D eigenvalue weighted by Gasteiger charge is -2.04. The van der Waals surface area contributed by atoms with Crippen LogP contribution >= 0.6 is 0 Å². The zero-order valence-corrected chi connectivity index (χ0v) is 12.1. The molecule has 0 atom stereocenters. The molecular formula is C6H14O10S3. The van der Waals surface area contributed by atoms with Crippen LogP contribution in [0.3, 0.4) is 0 Å². The van der Waals surface area contributed by atoms with Crippen molar-refractivity contribution >= 4 is 30.6 Å². The van der Waals surface area contributed by atoms with Gasteiger partial charge in [-0.3, -0.25) is 9.11 Å². The highest BCUT2D eigenvalue weighted by molar-refractivity contribution is 7.91. The Kier molecular flexibility index (Phi) is 7.34. The predicted molar refractivity (Wildman–Crippen MR) is 62.9 cm³/mol. The molecule has 13 heteroatoms. The molecule has 0 saturated heterocycles. The third-order valence-electron chi connectivity index (χ3n) is 1.66. The normalized spacial score (nSPS) is 13.6. The maximum atomic E-state index is 11.3. The molecular weight excluding hydrogens is 328 g/mol. The van der Waals surface area contributed by atoms with Crippen LogP contribution in [-0.4, -0.2) is 59.1 Å². The summed E-state index contributed by atoms with van der Waals surface area (Å²) in [6.45, 7) is -0.973. The van der Waals surface area contributed by atoms with Crippen LogP contribution in [0.25, 0.3) is 0 Å². The summed E-state index contributed by atoms with van der Waals surface area (Å²) in [4.78, 5) is 0. The van der Waals surface area contributed by atoms with Crippen LogP contribution in [0, 0.1) is 0 Å². The molecule has 0 saturated carbocycles. The minimum absolute atomic E-state index is 0.152. The van der Waals surface area contributed by atoms with Crippen molar-refractivity contribution in [2.45, 2.75) is 12.8 Å². The molecule has 0 bridgehead atoms. The molecule has 0 aliphatic heterocycles. The lowest BCUT2D eigenvalue weighted by molar-refractivity contribution is 0.269. The van der Waals surface area contributed by atoms with Crippen LogP contribution in [0.15, 0.2) is 0 Å². The summed E-state index contributed by atoms with van der Waals surface area (Å²) in [6.07, 6.45) is -0.303. The van der Waals surface area contributed by atoms with Gasteiger partial charge < -0.3 is 0 Å². The lowest BCUT2D eigenvalue weighted by atomic mass is 10.5. The quantitative estimate of drug-likeness (QED) is 0.365. The Labute approximate surface area is 111 Å². The van der Waals surface area contributed by atoms with Crippen molar-refractivity contribution in [1.29, 1.82) is 0 Å². The van der Waals surface area contributed by atoms with E-state index in [9.17, 15) is 25.3 Å². The molecule has 10 nitrogen and oxygen atoms in total. The van der Waals surface area contributed by atoms with Gasteiger partial charge in [-0.1, -0.05) is 0 Å². The Morgan fingerprint density at radius 2 is 1.00 bits per heavy atom. The van der Waals surface area contributed by atoms with E-state index in [4.69, 9.17) is 9.11 Å². The van der Waals surface area contributed by atoms with E-state index in [0.717, 1.165) is 0 Å². The van der Waals surface area contributed by atoms with Crippen molar-refractivity contribution in [2.75, 3.05) is 24.7 Å². The molecule has 0 unspecified atom stereocenters. The largest absolute Gasteiger partial charge is 0.397 e. The molecule has 0 rings (SSSR count). The molecule has 0 fully saturated rings. The van der Waals surface area contributed by atoms with Gasteiger partial charge >= 0.3 is 20.8 Å². The summed E-state index contributed by atoms with van der Waals surface area (Å²) in [5.74, 6) is -0.789. The Balaban J connectivity index is 3.88. The fraction of sp³-hybridized carbons (Fsp3) is 1.00. The standard InChI is InChI=1S/C6H14O10S3/c7-17(8,5-1-3-15-18(9,10)11)6-2-4-16-19(12,13)14/h1-6H2,(H,9,10,11)(H,12,13,14). The third-order valence-corrected chi connectivity index (χ3v) is 4.41. The molecule has 0 aliphatic carbocycles. The van der Waals surface area contributed by atoms with E-state index >= 15 is 0 Å². The first-order valence-electron chi connectivity index (χ1n) is 4.85. The first-order valence-corrected chi connectivity index (χ1v) is 9.40. The van der Waals surface area contributed by atoms with Gasteiger partial charge in [0.25, 0.3) is 0 Å². The molecule has 19 heavy (non-hydrogen) atoms. The van der Waals surface area contributed by atoms with E-state index < -0.39 is 55.4 Å². The Morgan fingerprint density at radius 3 is 1.26 bits per heavy atom. The van der Waals surface area contributed by atoms with Gasteiger partial charge in [0.2, 0.25) is 0 Å². The van der Waals surface area contributed by atoms with Gasteiger partial charge in [0.1, 0.15) is 9.84 Å². The summed E-state index contributed by atoms with van der Waals surface area (Å²) in [5.41, 5.74) is 0. The first kappa shape index (κ1) is 18.7. The predicted octanol–water partition coefficient (Wildman–Crippen LogP) is -1.18. The highest BCUT2D eigenvalue weighted by Crippen LogP contribution is 2.00. The van der Waals surface area contributed by atoms with Crippen LogP contribution in [0.2, 0.25) is 0 Å². The van der Waals surface area contributed by atoms with Crippen LogP contribution in [0.4, 0.5) is 0 Å². The van der Waals surface area contributed by atoms with Crippen molar-refractivity contribution < 1.29 is 42.7 Å². The molecule has 0 spiro atoms. The molecule has 116 valence electrons. The Bertz CT molecular complexity index is 510. The first-order chi connectivity index (χ1) is 8.41. The van der Waals surface area contributed by atoms with Gasteiger partial charge in [-0.25, -0.2) is 16.8 Å². The van der Waals surface area contributed by atoms with Crippen molar-refractivity contribution in [2.24, 2.45) is 0 Å².